The van der Waals surface area contributed by atoms with Crippen LogP contribution in [0.25, 0.3) is 0 Å². The highest BCUT2D eigenvalue weighted by Gasteiger charge is 2.17. The van der Waals surface area contributed by atoms with Gasteiger partial charge in [0, 0.05) is 11.1 Å². The monoisotopic (exact) mass is 481 g/mol. The Balaban J connectivity index is 1.78. The Morgan fingerprint density at radius 3 is 2.29 bits per heavy atom. The van der Waals surface area contributed by atoms with Gasteiger partial charge in [0.15, 0.2) is 11.5 Å². The van der Waals surface area contributed by atoms with Gasteiger partial charge in [0.2, 0.25) is 0 Å². The number of methoxy groups -OCH3 is 2. The van der Waals surface area contributed by atoms with Crippen LogP contribution in [0.2, 0.25) is 0 Å². The number of nitrogens with one attached hydrogen (secondary N) is 2. The van der Waals surface area contributed by atoms with E-state index in [0.717, 1.165) is 16.7 Å². The van der Waals surface area contributed by atoms with E-state index in [2.05, 4.69) is 15.2 Å². The van der Waals surface area contributed by atoms with Crippen LogP contribution in [0.15, 0.2) is 70.7 Å². The maximum absolute atomic E-state index is 12.9. The van der Waals surface area contributed by atoms with Crippen molar-refractivity contribution in [2.45, 2.75) is 25.7 Å². The number of anilines is 1. The lowest BCUT2D eigenvalue weighted by atomic mass is 10.1. The summed E-state index contributed by atoms with van der Waals surface area (Å²) in [4.78, 5) is 12.6. The van der Waals surface area contributed by atoms with E-state index in [4.69, 9.17) is 9.47 Å². The van der Waals surface area contributed by atoms with E-state index in [1.165, 1.54) is 31.4 Å². The van der Waals surface area contributed by atoms with Crippen molar-refractivity contribution in [3.05, 3.63) is 82.9 Å². The largest absolute Gasteiger partial charge is 0.493 e. The molecule has 2 N–H and O–H groups in total. The highest BCUT2D eigenvalue weighted by molar-refractivity contribution is 7.92. The third-order valence-corrected chi connectivity index (χ3v) is 6.52. The van der Waals surface area contributed by atoms with E-state index < -0.39 is 15.9 Å². The van der Waals surface area contributed by atoms with E-state index in [-0.39, 0.29) is 10.5 Å². The summed E-state index contributed by atoms with van der Waals surface area (Å²) in [5.41, 5.74) is 6.21. The minimum absolute atomic E-state index is 0.0271. The van der Waals surface area contributed by atoms with Crippen molar-refractivity contribution in [2.75, 3.05) is 18.9 Å². The first-order valence-corrected chi connectivity index (χ1v) is 11.9. The summed E-state index contributed by atoms with van der Waals surface area (Å²) >= 11 is 0. The van der Waals surface area contributed by atoms with Crippen molar-refractivity contribution in [3.8, 4) is 11.5 Å². The van der Waals surface area contributed by atoms with Crippen LogP contribution < -0.4 is 19.6 Å². The van der Waals surface area contributed by atoms with Crippen LogP contribution in [-0.2, 0) is 10.0 Å². The predicted molar refractivity (Wildman–Crippen MR) is 132 cm³/mol. The van der Waals surface area contributed by atoms with E-state index in [1.54, 1.807) is 38.3 Å². The summed E-state index contributed by atoms with van der Waals surface area (Å²) in [6, 6.07) is 16.5. The second-order valence-corrected chi connectivity index (χ2v) is 9.34. The molecule has 34 heavy (non-hydrogen) atoms. The van der Waals surface area contributed by atoms with Crippen LogP contribution >= 0.6 is 0 Å². The van der Waals surface area contributed by atoms with Crippen LogP contribution in [0.5, 0.6) is 11.5 Å². The molecule has 0 unspecified atom stereocenters. The van der Waals surface area contributed by atoms with Crippen molar-refractivity contribution >= 4 is 27.3 Å². The molecule has 0 aliphatic carbocycles. The molecule has 0 heterocycles. The Kier molecular flexibility index (Phi) is 7.57. The lowest BCUT2D eigenvalue weighted by molar-refractivity contribution is 0.0954. The molecule has 0 atom stereocenters. The fourth-order valence-electron chi connectivity index (χ4n) is 3.26. The summed E-state index contributed by atoms with van der Waals surface area (Å²) < 4.78 is 38.9. The molecule has 178 valence electrons. The molecule has 9 heteroatoms. The van der Waals surface area contributed by atoms with Gasteiger partial charge in [-0.1, -0.05) is 23.8 Å². The fourth-order valence-corrected chi connectivity index (χ4v) is 4.44. The molecule has 0 fully saturated rings. The molecule has 0 saturated heterocycles. The van der Waals surface area contributed by atoms with Crippen molar-refractivity contribution in [3.63, 3.8) is 0 Å². The van der Waals surface area contributed by atoms with Crippen LogP contribution in [-0.4, -0.2) is 34.3 Å². The molecule has 0 spiro atoms. The molecule has 3 aromatic rings. The number of hydrazone groups is 1. The topological polar surface area (TPSA) is 106 Å². The van der Waals surface area contributed by atoms with Crippen molar-refractivity contribution in [2.24, 2.45) is 5.10 Å². The summed E-state index contributed by atoms with van der Waals surface area (Å²) in [5, 5.41) is 4.14. The zero-order chi connectivity index (χ0) is 24.9. The van der Waals surface area contributed by atoms with E-state index in [0.29, 0.717) is 22.9 Å². The van der Waals surface area contributed by atoms with Gasteiger partial charge in [0.25, 0.3) is 15.9 Å². The fraction of sp³-hybridized carbons (Fsp3) is 0.200. The maximum Gasteiger partial charge on any atom is 0.271 e. The van der Waals surface area contributed by atoms with E-state index in [9.17, 15) is 13.2 Å². The third kappa shape index (κ3) is 5.74. The van der Waals surface area contributed by atoms with Crippen molar-refractivity contribution < 1.29 is 22.7 Å². The number of carbonyl (C=O) groups is 1. The van der Waals surface area contributed by atoms with Gasteiger partial charge in [-0.2, -0.15) is 5.10 Å². The second-order valence-electron chi connectivity index (χ2n) is 7.66. The SMILES string of the molecule is COc1ccc(/C(C)=N/NC(=O)c2cccc(S(=O)(=O)Nc3ccc(C)cc3C)c2)cc1OC. The zero-order valence-corrected chi connectivity index (χ0v) is 20.5. The highest BCUT2D eigenvalue weighted by atomic mass is 32.2. The van der Waals surface area contributed by atoms with Gasteiger partial charge in [0.1, 0.15) is 0 Å². The number of hydrogen-bond donors (Lipinski definition) is 2. The van der Waals surface area contributed by atoms with Crippen LogP contribution in [0, 0.1) is 13.8 Å². The van der Waals surface area contributed by atoms with Gasteiger partial charge in [-0.3, -0.25) is 9.52 Å². The average molecular weight is 482 g/mol. The average Bonchev–Trinajstić information content (AvgIpc) is 2.83. The number of carbonyl (C=O) groups excluding carboxylic acids is 1. The summed E-state index contributed by atoms with van der Waals surface area (Å²) in [5.74, 6) is 0.578. The zero-order valence-electron chi connectivity index (χ0n) is 19.7. The van der Waals surface area contributed by atoms with Crippen LogP contribution in [0.4, 0.5) is 5.69 Å². The minimum atomic E-state index is -3.88. The summed E-state index contributed by atoms with van der Waals surface area (Å²) in [6.07, 6.45) is 0. The van der Waals surface area contributed by atoms with Crippen molar-refractivity contribution in [1.29, 1.82) is 0 Å². The minimum Gasteiger partial charge on any atom is -0.493 e. The predicted octanol–water partition coefficient (Wildman–Crippen LogP) is 4.28. The molecule has 0 saturated carbocycles. The van der Waals surface area contributed by atoms with Crippen LogP contribution in [0.1, 0.15) is 34.0 Å². The molecule has 1 amide bonds. The number of nitrogens with zero attached hydrogens (tertiary/aromatic N) is 1. The number of benzene rings is 3. The Morgan fingerprint density at radius 2 is 1.62 bits per heavy atom. The number of rotatable bonds is 8. The van der Waals surface area contributed by atoms with E-state index in [1.807, 2.05) is 26.0 Å². The Morgan fingerprint density at radius 1 is 0.882 bits per heavy atom. The molecule has 0 aliphatic rings. The molecule has 0 bridgehead atoms. The molecule has 0 radical (unpaired) electrons. The van der Waals surface area contributed by atoms with Gasteiger partial charge in [-0.05, 0) is 68.8 Å². The molecule has 3 rings (SSSR count). The van der Waals surface area contributed by atoms with Crippen molar-refractivity contribution in [1.82, 2.24) is 5.43 Å². The van der Waals surface area contributed by atoms with Gasteiger partial charge in [0.05, 0.1) is 30.5 Å². The third-order valence-electron chi connectivity index (χ3n) is 5.16. The Labute approximate surface area is 199 Å². The molecule has 0 aromatic heterocycles. The second kappa shape index (κ2) is 10.4. The molecular weight excluding hydrogens is 454 g/mol. The first kappa shape index (κ1) is 24.8. The number of sulfonamides is 1. The molecule has 3 aromatic carbocycles. The Hall–Kier alpha value is -3.85. The standard InChI is InChI=1S/C25H27N3O5S/c1-16-9-11-22(17(2)13-16)28-34(30,31)21-8-6-7-20(14-21)25(29)27-26-18(3)19-10-12-23(32-4)24(15-19)33-5/h6-15,28H,1-5H3,(H,27,29)/b26-18+. The number of amides is 1. The van der Waals surface area contributed by atoms with E-state index >= 15 is 0 Å². The highest BCUT2D eigenvalue weighted by Crippen LogP contribution is 2.27. The first-order chi connectivity index (χ1) is 16.1. The maximum atomic E-state index is 12.9. The lowest BCUT2D eigenvalue weighted by Gasteiger charge is -2.12. The van der Waals surface area contributed by atoms with Gasteiger partial charge < -0.3 is 9.47 Å². The molecular formula is C25H27N3O5S. The molecule has 0 aliphatic heterocycles. The lowest BCUT2D eigenvalue weighted by Crippen LogP contribution is -2.20. The summed E-state index contributed by atoms with van der Waals surface area (Å²) in [6.45, 7) is 5.49. The van der Waals surface area contributed by atoms with Gasteiger partial charge in [-0.25, -0.2) is 13.8 Å². The number of hydrogen-bond acceptors (Lipinski definition) is 6. The quantitative estimate of drug-likeness (QED) is 0.369. The smallest absolute Gasteiger partial charge is 0.271 e. The normalized spacial score (nSPS) is 11.6. The number of aryl methyl sites for hydroxylation is 2. The number of ether oxygens (including phenoxy) is 2. The van der Waals surface area contributed by atoms with Gasteiger partial charge in [-0.15, -0.1) is 0 Å². The molecule has 8 nitrogen and oxygen atoms in total. The van der Waals surface area contributed by atoms with Crippen LogP contribution in [0.3, 0.4) is 0 Å². The van der Waals surface area contributed by atoms with Gasteiger partial charge >= 0.3 is 0 Å². The summed E-state index contributed by atoms with van der Waals surface area (Å²) in [7, 11) is -0.805. The Bertz CT molecular complexity index is 1350. The first-order valence-electron chi connectivity index (χ1n) is 10.4.